The van der Waals surface area contributed by atoms with E-state index in [0.717, 1.165) is 49.7 Å². The van der Waals surface area contributed by atoms with Crippen LogP contribution >= 0.6 is 0 Å². The molecule has 0 aliphatic carbocycles. The number of nitrogens with one attached hydrogen (secondary N) is 2. The Balaban J connectivity index is 1.27. The highest BCUT2D eigenvalue weighted by Gasteiger charge is 2.27. The molecule has 2 amide bonds. The van der Waals surface area contributed by atoms with Crippen LogP contribution in [0.15, 0.2) is 21.3 Å². The highest BCUT2D eigenvalue weighted by Crippen LogP contribution is 2.39. The van der Waals surface area contributed by atoms with E-state index in [-0.39, 0.29) is 18.0 Å². The van der Waals surface area contributed by atoms with Gasteiger partial charge in [0.25, 0.3) is 5.91 Å². The standard InChI is InChI=1S/C25H33N3O6/c1-2-21(29)26-7-11-32-13-14-33-12-8-27-24(30)20-16-18-15-17-5-3-9-28-10-4-6-19(22(17)28)23(18)34-25(20)31/h15-16H,2-14H2,1H3,(H,26,29)(H,27,30). The highest BCUT2D eigenvalue weighted by atomic mass is 16.5. The molecule has 3 heterocycles. The minimum absolute atomic E-state index is 0.00310. The van der Waals surface area contributed by atoms with Crippen molar-refractivity contribution in [2.75, 3.05) is 57.5 Å². The maximum Gasteiger partial charge on any atom is 0.349 e. The number of hydrogen-bond acceptors (Lipinski definition) is 7. The van der Waals surface area contributed by atoms with E-state index >= 15 is 0 Å². The van der Waals surface area contributed by atoms with Crippen molar-refractivity contribution in [3.05, 3.63) is 39.2 Å². The second-order valence-corrected chi connectivity index (χ2v) is 8.61. The van der Waals surface area contributed by atoms with E-state index in [1.54, 1.807) is 13.0 Å². The van der Waals surface area contributed by atoms with Gasteiger partial charge >= 0.3 is 5.63 Å². The zero-order valence-corrected chi connectivity index (χ0v) is 19.7. The molecule has 0 saturated heterocycles. The van der Waals surface area contributed by atoms with Gasteiger partial charge in [0.15, 0.2) is 0 Å². The minimum Gasteiger partial charge on any atom is -0.422 e. The third-order valence-electron chi connectivity index (χ3n) is 6.25. The van der Waals surface area contributed by atoms with E-state index in [1.807, 2.05) is 0 Å². The van der Waals surface area contributed by atoms with Gasteiger partial charge in [-0.1, -0.05) is 6.92 Å². The van der Waals surface area contributed by atoms with Gasteiger partial charge in [-0.05, 0) is 43.4 Å². The van der Waals surface area contributed by atoms with Crippen molar-refractivity contribution in [1.82, 2.24) is 10.6 Å². The van der Waals surface area contributed by atoms with E-state index in [2.05, 4.69) is 21.6 Å². The summed E-state index contributed by atoms with van der Waals surface area (Å²) in [6.07, 6.45) is 4.50. The fourth-order valence-electron chi connectivity index (χ4n) is 4.65. The summed E-state index contributed by atoms with van der Waals surface area (Å²) in [5.74, 6) is -0.466. The van der Waals surface area contributed by atoms with Gasteiger partial charge in [0.2, 0.25) is 5.91 Å². The summed E-state index contributed by atoms with van der Waals surface area (Å²) in [6, 6.07) is 3.73. The highest BCUT2D eigenvalue weighted by molar-refractivity contribution is 5.98. The van der Waals surface area contributed by atoms with Crippen molar-refractivity contribution >= 4 is 28.5 Å². The molecule has 1 aromatic carbocycles. The monoisotopic (exact) mass is 471 g/mol. The van der Waals surface area contributed by atoms with Crippen molar-refractivity contribution in [1.29, 1.82) is 0 Å². The Morgan fingerprint density at radius 2 is 1.71 bits per heavy atom. The molecule has 9 heteroatoms. The van der Waals surface area contributed by atoms with E-state index in [0.29, 0.717) is 45.0 Å². The first-order chi connectivity index (χ1) is 16.6. The topological polar surface area (TPSA) is 110 Å². The largest absolute Gasteiger partial charge is 0.422 e. The molecule has 0 unspecified atom stereocenters. The lowest BCUT2D eigenvalue weighted by Gasteiger charge is -2.37. The Bertz CT molecular complexity index is 1090. The van der Waals surface area contributed by atoms with Gasteiger partial charge in [-0.15, -0.1) is 0 Å². The lowest BCUT2D eigenvalue weighted by molar-refractivity contribution is -0.121. The number of fused-ring (bicyclic) bond motifs is 2. The van der Waals surface area contributed by atoms with E-state index < -0.39 is 11.5 Å². The van der Waals surface area contributed by atoms with Crippen LogP contribution in [0.2, 0.25) is 0 Å². The molecule has 0 fully saturated rings. The average Bonchev–Trinajstić information content (AvgIpc) is 2.85. The summed E-state index contributed by atoms with van der Waals surface area (Å²) in [5, 5.41) is 6.26. The average molecular weight is 472 g/mol. The normalized spacial score (nSPS) is 14.7. The summed E-state index contributed by atoms with van der Waals surface area (Å²) in [7, 11) is 0. The van der Waals surface area contributed by atoms with Gasteiger partial charge in [0.1, 0.15) is 11.1 Å². The summed E-state index contributed by atoms with van der Waals surface area (Å²) < 4.78 is 16.5. The van der Waals surface area contributed by atoms with Crippen molar-refractivity contribution in [2.45, 2.75) is 39.0 Å². The number of rotatable bonds is 11. The van der Waals surface area contributed by atoms with Crippen molar-refractivity contribution < 1.29 is 23.5 Å². The number of benzene rings is 1. The molecule has 0 spiro atoms. The molecular weight excluding hydrogens is 438 g/mol. The molecule has 2 aromatic rings. The Labute approximate surface area is 198 Å². The van der Waals surface area contributed by atoms with Crippen LogP contribution in [-0.2, 0) is 27.1 Å². The van der Waals surface area contributed by atoms with Crippen LogP contribution < -0.4 is 21.2 Å². The molecule has 2 N–H and O–H groups in total. The van der Waals surface area contributed by atoms with Crippen LogP contribution in [0, 0.1) is 0 Å². The molecule has 0 saturated carbocycles. The smallest absolute Gasteiger partial charge is 0.349 e. The maximum atomic E-state index is 12.6. The van der Waals surface area contributed by atoms with Crippen LogP contribution in [-0.4, -0.2) is 64.4 Å². The quantitative estimate of drug-likeness (QED) is 0.380. The minimum atomic E-state index is -0.612. The molecule has 0 atom stereocenters. The Hall–Kier alpha value is -2.91. The SMILES string of the molecule is CCC(=O)NCCOCCOCCNC(=O)c1cc2cc3c4c(c2oc1=O)CCCN4CCC3. The van der Waals surface area contributed by atoms with Crippen molar-refractivity contribution in [3.63, 3.8) is 0 Å². The number of nitrogens with zero attached hydrogens (tertiary/aromatic N) is 1. The Morgan fingerprint density at radius 3 is 2.44 bits per heavy atom. The third-order valence-corrected chi connectivity index (χ3v) is 6.25. The van der Waals surface area contributed by atoms with Crippen LogP contribution in [0.1, 0.15) is 47.7 Å². The first-order valence-corrected chi connectivity index (χ1v) is 12.2. The second-order valence-electron chi connectivity index (χ2n) is 8.61. The van der Waals surface area contributed by atoms with Gasteiger partial charge in [-0.3, -0.25) is 9.59 Å². The second kappa shape index (κ2) is 11.5. The Morgan fingerprint density at radius 1 is 1.00 bits per heavy atom. The number of aryl methyl sites for hydroxylation is 2. The summed E-state index contributed by atoms with van der Waals surface area (Å²) in [4.78, 5) is 38.7. The number of amides is 2. The predicted octanol–water partition coefficient (Wildman–Crippen LogP) is 1.78. The molecular formula is C25H33N3O6. The van der Waals surface area contributed by atoms with Gasteiger partial charge in [0, 0.05) is 49.2 Å². The fraction of sp³-hybridized carbons (Fsp3) is 0.560. The third kappa shape index (κ3) is 5.59. The van der Waals surface area contributed by atoms with E-state index in [1.165, 1.54) is 11.3 Å². The lowest BCUT2D eigenvalue weighted by atomic mass is 9.90. The van der Waals surface area contributed by atoms with Gasteiger partial charge < -0.3 is 29.4 Å². The molecule has 1 aromatic heterocycles. The van der Waals surface area contributed by atoms with Gasteiger partial charge in [-0.25, -0.2) is 4.79 Å². The molecule has 0 radical (unpaired) electrons. The van der Waals surface area contributed by atoms with Crippen LogP contribution in [0.5, 0.6) is 0 Å². The molecule has 184 valence electrons. The Kier molecular flexibility index (Phi) is 8.18. The maximum absolute atomic E-state index is 12.6. The number of anilines is 1. The molecule has 34 heavy (non-hydrogen) atoms. The number of carbonyl (C=O) groups excluding carboxylic acids is 2. The van der Waals surface area contributed by atoms with Crippen molar-refractivity contribution in [2.24, 2.45) is 0 Å². The first-order valence-electron chi connectivity index (χ1n) is 12.2. The molecule has 4 rings (SSSR count). The van der Waals surface area contributed by atoms with E-state index in [4.69, 9.17) is 13.9 Å². The van der Waals surface area contributed by atoms with Gasteiger partial charge in [0.05, 0.1) is 26.4 Å². The lowest BCUT2D eigenvalue weighted by Crippen LogP contribution is -2.35. The molecule has 2 aliphatic rings. The zero-order valence-electron chi connectivity index (χ0n) is 19.7. The molecule has 2 aliphatic heterocycles. The number of carbonyl (C=O) groups is 2. The van der Waals surface area contributed by atoms with Crippen molar-refractivity contribution in [3.8, 4) is 0 Å². The summed E-state index contributed by atoms with van der Waals surface area (Å²) in [6.45, 7) is 6.12. The van der Waals surface area contributed by atoms with Crippen LogP contribution in [0.4, 0.5) is 5.69 Å². The number of ether oxygens (including phenoxy) is 2. The first kappa shape index (κ1) is 24.2. The number of hydrogen-bond donors (Lipinski definition) is 2. The zero-order chi connectivity index (χ0) is 23.9. The van der Waals surface area contributed by atoms with Gasteiger partial charge in [-0.2, -0.15) is 0 Å². The van der Waals surface area contributed by atoms with E-state index in [9.17, 15) is 14.4 Å². The summed E-state index contributed by atoms with van der Waals surface area (Å²) in [5.41, 5.74) is 3.63. The summed E-state index contributed by atoms with van der Waals surface area (Å²) >= 11 is 0. The van der Waals surface area contributed by atoms with Crippen LogP contribution in [0.25, 0.3) is 11.0 Å². The molecule has 0 bridgehead atoms. The molecule has 9 nitrogen and oxygen atoms in total. The fourth-order valence-corrected chi connectivity index (χ4v) is 4.65. The van der Waals surface area contributed by atoms with Crippen LogP contribution in [0.3, 0.4) is 0 Å². The predicted molar refractivity (Wildman–Crippen MR) is 129 cm³/mol.